The fourth-order valence-corrected chi connectivity index (χ4v) is 0.899. The third-order valence-corrected chi connectivity index (χ3v) is 1.56. The van der Waals surface area contributed by atoms with Crippen LogP contribution in [-0.4, -0.2) is 17.1 Å². The molecular formula is C9H10N4O2W4. The monoisotopic (exact) mass is 942 g/mol. The molecule has 0 bridgehead atoms. The molecule has 102 valence electrons. The molecule has 10 heteroatoms. The normalized spacial score (nSPS) is 8.26. The summed E-state index contributed by atoms with van der Waals surface area (Å²) in [5.74, 6) is -0.970. The minimum absolute atomic E-state index is 0. The predicted molar refractivity (Wildman–Crippen MR) is 54.7 cm³/mol. The number of aliphatic carboxylic acids is 1. The average molecular weight is 942 g/mol. The standard InChI is InChI=1S/C9H10NO2.N3.4W/c10-8(9(11)12)6-7-4-2-1-3-5-7;1-3-2;;;;/h2-5,8H,6,10H2,(H,11,12);;;;;/q2*-1;;;;+2/t8-;;;;;/m0...../s1. The maximum Gasteiger partial charge on any atom is 2.00 e. The minimum atomic E-state index is -0.970. The Balaban J connectivity index is -0.0000000858. The summed E-state index contributed by atoms with van der Waals surface area (Å²) in [5, 5.41) is 8.51. The molecule has 0 unspecified atom stereocenters. The van der Waals surface area contributed by atoms with Crippen LogP contribution in [0.3, 0.4) is 0 Å². The Bertz CT molecular complexity index is 347. The summed E-state index contributed by atoms with van der Waals surface area (Å²) in [6, 6.07) is 9.13. The van der Waals surface area contributed by atoms with Crippen LogP contribution in [0.15, 0.2) is 24.3 Å². The number of nitrogens with two attached hydrogens (primary N) is 1. The second-order valence-electron chi connectivity index (χ2n) is 2.65. The summed E-state index contributed by atoms with van der Waals surface area (Å²) in [6.45, 7) is 0. The van der Waals surface area contributed by atoms with Crippen molar-refractivity contribution in [1.82, 2.24) is 0 Å². The van der Waals surface area contributed by atoms with Gasteiger partial charge in [0.1, 0.15) is 6.04 Å². The number of carbonyl (C=O) groups is 1. The summed E-state index contributed by atoms with van der Waals surface area (Å²) < 4.78 is 0. The first-order valence-corrected chi connectivity index (χ1v) is 4.03. The molecule has 6 nitrogen and oxygen atoms in total. The van der Waals surface area contributed by atoms with Crippen LogP contribution in [0.2, 0.25) is 0 Å². The van der Waals surface area contributed by atoms with Crippen LogP contribution in [0.1, 0.15) is 5.56 Å². The smallest absolute Gasteiger partial charge is 0.480 e. The molecule has 0 fully saturated rings. The topological polar surface area (TPSA) is 122 Å². The zero-order chi connectivity index (χ0) is 11.7. The Morgan fingerprint density at radius 3 is 2.00 bits per heavy atom. The van der Waals surface area contributed by atoms with Crippen molar-refractivity contribution in [3.05, 3.63) is 51.9 Å². The maximum atomic E-state index is 10.4. The molecule has 19 heavy (non-hydrogen) atoms. The van der Waals surface area contributed by atoms with Crippen LogP contribution in [0.25, 0.3) is 16.0 Å². The fourth-order valence-electron chi connectivity index (χ4n) is 0.899. The fraction of sp³-hybridized carbons (Fsp3) is 0.222. The number of carboxylic acid groups (broad SMARTS) is 1. The van der Waals surface area contributed by atoms with Gasteiger partial charge in [0.05, 0.1) is 0 Å². The van der Waals surface area contributed by atoms with Crippen LogP contribution in [-0.2, 0) is 95.5 Å². The van der Waals surface area contributed by atoms with E-state index in [0.717, 1.165) is 5.56 Å². The molecule has 0 spiro atoms. The van der Waals surface area contributed by atoms with E-state index in [0.29, 0.717) is 6.42 Å². The molecule has 1 rings (SSSR count). The van der Waals surface area contributed by atoms with Gasteiger partial charge in [-0.05, 0) is 6.42 Å². The Labute approximate surface area is 168 Å². The van der Waals surface area contributed by atoms with Gasteiger partial charge < -0.3 is 21.9 Å². The number of carboxylic acids is 1. The molecule has 0 heterocycles. The van der Waals surface area contributed by atoms with Gasteiger partial charge in [0.15, 0.2) is 0 Å². The summed E-state index contributed by atoms with van der Waals surface area (Å²) in [4.78, 5) is 11.9. The van der Waals surface area contributed by atoms with Gasteiger partial charge in [-0.2, -0.15) is 35.9 Å². The second-order valence-corrected chi connectivity index (χ2v) is 2.65. The van der Waals surface area contributed by atoms with E-state index in [2.05, 4.69) is 6.07 Å². The van der Waals surface area contributed by atoms with Gasteiger partial charge in [-0.15, -0.1) is 0 Å². The largest absolute Gasteiger partial charge is 2.00 e. The van der Waals surface area contributed by atoms with Gasteiger partial charge in [-0.1, -0.05) is 0 Å². The second kappa shape index (κ2) is 21.0. The zero-order valence-electron chi connectivity index (χ0n) is 9.50. The quantitative estimate of drug-likeness (QED) is 0.206. The third-order valence-electron chi connectivity index (χ3n) is 1.56. The van der Waals surface area contributed by atoms with E-state index in [1.54, 1.807) is 12.1 Å². The van der Waals surface area contributed by atoms with Gasteiger partial charge in [0, 0.05) is 63.2 Å². The predicted octanol–water partition coefficient (Wildman–Crippen LogP) is 1.30. The van der Waals surface area contributed by atoms with Crippen molar-refractivity contribution >= 4 is 5.97 Å². The molecule has 3 N–H and O–H groups in total. The van der Waals surface area contributed by atoms with E-state index in [9.17, 15) is 4.79 Å². The zero-order valence-corrected chi connectivity index (χ0v) is 21.2. The van der Waals surface area contributed by atoms with Crippen LogP contribution in [0, 0.1) is 6.07 Å². The van der Waals surface area contributed by atoms with E-state index in [-0.39, 0.29) is 84.3 Å². The van der Waals surface area contributed by atoms with Gasteiger partial charge in [0.25, 0.3) is 0 Å². The first kappa shape index (κ1) is 31.9. The maximum absolute atomic E-state index is 10.4. The van der Waals surface area contributed by atoms with Crippen molar-refractivity contribution in [3.8, 4) is 0 Å². The van der Waals surface area contributed by atoms with Crippen molar-refractivity contribution in [3.63, 3.8) is 0 Å². The molecule has 1 aromatic carbocycles. The van der Waals surface area contributed by atoms with Crippen molar-refractivity contribution in [2.75, 3.05) is 0 Å². The first-order chi connectivity index (χ1) is 7.11. The summed E-state index contributed by atoms with van der Waals surface area (Å²) >= 11 is 0. The van der Waals surface area contributed by atoms with E-state index in [1.165, 1.54) is 4.91 Å². The van der Waals surface area contributed by atoms with Crippen LogP contribution < -0.4 is 5.73 Å². The number of benzene rings is 1. The Morgan fingerprint density at radius 2 is 1.68 bits per heavy atom. The summed E-state index contributed by atoms with van der Waals surface area (Å²) in [6.07, 6.45) is 0.365. The van der Waals surface area contributed by atoms with E-state index >= 15 is 0 Å². The van der Waals surface area contributed by atoms with Crippen LogP contribution in [0.4, 0.5) is 0 Å². The SMILES string of the molecule is N[C@@H](Cc1cc[c-]cc1)C(=O)O.[N-]=[N+]=[N-].[W+2].[W].[W].[W]. The van der Waals surface area contributed by atoms with Crippen molar-refractivity contribution in [1.29, 1.82) is 0 Å². The number of rotatable bonds is 3. The van der Waals surface area contributed by atoms with E-state index in [4.69, 9.17) is 21.9 Å². The van der Waals surface area contributed by atoms with E-state index < -0.39 is 12.0 Å². The molecule has 0 saturated carbocycles. The molecule has 0 aromatic heterocycles. The third kappa shape index (κ3) is 18.7. The summed E-state index contributed by atoms with van der Waals surface area (Å²) in [5.41, 5.74) is 19.8. The van der Waals surface area contributed by atoms with Gasteiger partial charge in [-0.3, -0.25) is 9.71 Å². The summed E-state index contributed by atoms with van der Waals surface area (Å²) in [7, 11) is 0. The van der Waals surface area contributed by atoms with Crippen molar-refractivity contribution in [2.24, 2.45) is 5.73 Å². The van der Waals surface area contributed by atoms with Gasteiger partial charge in [0.2, 0.25) is 0 Å². The average Bonchev–Trinajstić information content (AvgIpc) is 2.20. The number of hydrogen-bond acceptors (Lipinski definition) is 2. The molecule has 0 radical (unpaired) electrons. The Hall–Kier alpha value is 0.713. The number of hydrogen-bond donors (Lipinski definition) is 2. The van der Waals surface area contributed by atoms with Crippen LogP contribution >= 0.6 is 0 Å². The molecule has 1 aromatic rings. The Morgan fingerprint density at radius 1 is 1.32 bits per heavy atom. The molecule has 0 saturated heterocycles. The number of nitrogens with zero attached hydrogens (tertiary/aromatic N) is 3. The van der Waals surface area contributed by atoms with E-state index in [1.807, 2.05) is 12.1 Å². The van der Waals surface area contributed by atoms with Gasteiger partial charge >= 0.3 is 27.0 Å². The van der Waals surface area contributed by atoms with Gasteiger partial charge in [-0.25, -0.2) is 0 Å². The van der Waals surface area contributed by atoms with Crippen LogP contribution in [0.5, 0.6) is 0 Å². The van der Waals surface area contributed by atoms with Crippen molar-refractivity contribution < 1.29 is 94.2 Å². The Kier molecular flexibility index (Phi) is 35.3. The molecule has 0 aliphatic carbocycles. The molecule has 1 atom stereocenters. The molecule has 0 aliphatic rings. The minimum Gasteiger partial charge on any atom is -0.480 e. The first-order valence-electron chi connectivity index (χ1n) is 4.03. The molecular weight excluding hydrogens is 931 g/mol. The molecule has 0 aliphatic heterocycles. The van der Waals surface area contributed by atoms with Crippen molar-refractivity contribution in [2.45, 2.75) is 12.5 Å². The molecule has 0 amide bonds.